The highest BCUT2D eigenvalue weighted by atomic mass is 16.5. The number of piperidine rings is 1. The highest BCUT2D eigenvalue weighted by Crippen LogP contribution is 2.44. The molecule has 0 radical (unpaired) electrons. The van der Waals surface area contributed by atoms with Crippen molar-refractivity contribution in [1.29, 1.82) is 0 Å². The maximum atomic E-state index is 14.1. The van der Waals surface area contributed by atoms with Crippen molar-refractivity contribution in [2.45, 2.75) is 56.5 Å². The van der Waals surface area contributed by atoms with Crippen LogP contribution in [-0.4, -0.2) is 65.4 Å². The molecule has 9 nitrogen and oxygen atoms in total. The van der Waals surface area contributed by atoms with Gasteiger partial charge in [0.1, 0.15) is 12.1 Å². The number of nitrogens with one attached hydrogen (secondary N) is 2. The Hall–Kier alpha value is -4.99. The van der Waals surface area contributed by atoms with Crippen molar-refractivity contribution in [3.63, 3.8) is 0 Å². The Morgan fingerprint density at radius 2 is 1.35 bits per heavy atom. The Bertz CT molecular complexity index is 1680. The van der Waals surface area contributed by atoms with Crippen molar-refractivity contribution in [2.75, 3.05) is 19.7 Å². The first kappa shape index (κ1) is 32.9. The number of nitrogens with zero attached hydrogens (tertiary/aromatic N) is 1. The highest BCUT2D eigenvalue weighted by Gasteiger charge is 2.45. The van der Waals surface area contributed by atoms with Gasteiger partial charge in [-0.3, -0.25) is 9.69 Å². The summed E-state index contributed by atoms with van der Waals surface area (Å²) in [5.74, 6) is -1.93. The smallest absolute Gasteiger partial charge is 0.408 e. The van der Waals surface area contributed by atoms with Crippen molar-refractivity contribution in [1.82, 2.24) is 15.5 Å². The molecule has 0 aromatic heterocycles. The van der Waals surface area contributed by atoms with E-state index in [2.05, 4.69) is 39.8 Å². The van der Waals surface area contributed by atoms with Gasteiger partial charge in [-0.15, -0.1) is 0 Å². The zero-order valence-electron chi connectivity index (χ0n) is 27.0. The van der Waals surface area contributed by atoms with Gasteiger partial charge in [0, 0.05) is 25.6 Å². The van der Waals surface area contributed by atoms with E-state index in [0.29, 0.717) is 19.6 Å². The number of rotatable bonds is 12. The molecule has 4 aromatic rings. The predicted octanol–water partition coefficient (Wildman–Crippen LogP) is 5.73. The van der Waals surface area contributed by atoms with Crippen LogP contribution < -0.4 is 10.6 Å². The summed E-state index contributed by atoms with van der Waals surface area (Å²) in [6.07, 6.45) is -0.997. The predicted molar refractivity (Wildman–Crippen MR) is 182 cm³/mol. The molecule has 9 heteroatoms. The van der Waals surface area contributed by atoms with E-state index in [0.717, 1.165) is 33.4 Å². The number of carboxylic acids is 1. The average Bonchev–Trinajstić information content (AvgIpc) is 3.43. The fourth-order valence-corrected chi connectivity index (χ4v) is 6.73. The molecule has 0 spiro atoms. The number of carbonyl (C=O) groups is 3. The minimum absolute atomic E-state index is 0.0970. The van der Waals surface area contributed by atoms with Crippen LogP contribution in [0.4, 0.5) is 4.79 Å². The van der Waals surface area contributed by atoms with Crippen LogP contribution in [0.1, 0.15) is 47.9 Å². The van der Waals surface area contributed by atoms with Crippen LogP contribution in [0.2, 0.25) is 0 Å². The fourth-order valence-electron chi connectivity index (χ4n) is 6.73. The lowest BCUT2D eigenvalue weighted by atomic mass is 9.85. The summed E-state index contributed by atoms with van der Waals surface area (Å²) in [5.41, 5.74) is 5.07. The number of ether oxygens (including phenoxy) is 2. The first-order valence-electron chi connectivity index (χ1n) is 16.4. The van der Waals surface area contributed by atoms with E-state index in [4.69, 9.17) is 9.47 Å². The van der Waals surface area contributed by atoms with E-state index >= 15 is 0 Å². The van der Waals surface area contributed by atoms with E-state index in [1.54, 1.807) is 6.92 Å². The van der Waals surface area contributed by atoms with Gasteiger partial charge in [-0.2, -0.15) is 0 Å². The summed E-state index contributed by atoms with van der Waals surface area (Å²) in [6, 6.07) is 34.3. The Balaban J connectivity index is 1.16. The van der Waals surface area contributed by atoms with Gasteiger partial charge in [0.2, 0.25) is 5.91 Å². The van der Waals surface area contributed by atoms with Crippen LogP contribution in [0, 0.1) is 0 Å². The summed E-state index contributed by atoms with van der Waals surface area (Å²) in [7, 11) is 0. The molecule has 6 rings (SSSR count). The van der Waals surface area contributed by atoms with Gasteiger partial charge < -0.3 is 25.2 Å². The molecule has 1 fully saturated rings. The van der Waals surface area contributed by atoms with Crippen LogP contribution >= 0.6 is 0 Å². The zero-order valence-corrected chi connectivity index (χ0v) is 27.0. The van der Waals surface area contributed by atoms with E-state index in [1.165, 1.54) is 0 Å². The number of benzene rings is 4. The Kier molecular flexibility index (Phi) is 10.2. The molecule has 2 unspecified atom stereocenters. The molecule has 1 aliphatic carbocycles. The van der Waals surface area contributed by atoms with Crippen LogP contribution in [0.25, 0.3) is 11.1 Å². The zero-order chi connectivity index (χ0) is 33.5. The minimum Gasteiger partial charge on any atom is -0.480 e. The maximum Gasteiger partial charge on any atom is 0.408 e. The van der Waals surface area contributed by atoms with Crippen LogP contribution in [-0.2, 0) is 32.2 Å². The molecule has 1 heterocycles. The monoisotopic (exact) mass is 647 g/mol. The second-order valence-corrected chi connectivity index (χ2v) is 12.6. The molecule has 1 aliphatic heterocycles. The van der Waals surface area contributed by atoms with Gasteiger partial charge in [0.15, 0.2) is 6.04 Å². The van der Waals surface area contributed by atoms with Gasteiger partial charge in [0.25, 0.3) is 0 Å². The number of carboxylic acid groups (broad SMARTS) is 1. The number of alkyl carbamates (subject to hydrolysis) is 1. The molecular weight excluding hydrogens is 606 g/mol. The number of likely N-dealkylation sites (tertiary alicyclic amines) is 1. The first-order chi connectivity index (χ1) is 23.3. The van der Waals surface area contributed by atoms with Crippen molar-refractivity contribution < 1.29 is 29.0 Å². The first-order valence-corrected chi connectivity index (χ1v) is 16.4. The number of carbonyl (C=O) groups excluding carboxylic acids is 2. The van der Waals surface area contributed by atoms with E-state index in [9.17, 15) is 19.5 Å². The van der Waals surface area contributed by atoms with Gasteiger partial charge in [-0.25, -0.2) is 9.59 Å². The third-order valence-corrected chi connectivity index (χ3v) is 9.46. The quantitative estimate of drug-likeness (QED) is 0.180. The highest BCUT2D eigenvalue weighted by molar-refractivity contribution is 5.93. The largest absolute Gasteiger partial charge is 0.480 e. The third-order valence-electron chi connectivity index (χ3n) is 9.46. The summed E-state index contributed by atoms with van der Waals surface area (Å²) >= 11 is 0. The second-order valence-electron chi connectivity index (χ2n) is 12.6. The molecule has 1 saturated heterocycles. The Labute approximate surface area is 280 Å². The molecule has 2 amide bonds. The van der Waals surface area contributed by atoms with Gasteiger partial charge >= 0.3 is 12.1 Å². The van der Waals surface area contributed by atoms with Gasteiger partial charge in [0.05, 0.1) is 12.7 Å². The SMILES string of the molecule is CC(OCc1ccccc1)C(NC(=O)C1(NC(=O)OCC2c3ccccc3-c3ccccc32)CCN(Cc2ccccc2)CC1)C(=O)O. The summed E-state index contributed by atoms with van der Waals surface area (Å²) in [4.78, 5) is 42.2. The molecule has 2 aliphatic rings. The normalized spacial score (nSPS) is 16.6. The summed E-state index contributed by atoms with van der Waals surface area (Å²) in [6.45, 7) is 3.65. The van der Waals surface area contributed by atoms with Crippen molar-refractivity contribution in [3.8, 4) is 11.1 Å². The fraction of sp³-hybridized carbons (Fsp3) is 0.308. The Morgan fingerprint density at radius 3 is 1.94 bits per heavy atom. The standard InChI is InChI=1S/C39H41N3O6/c1-27(47-25-29-14-6-3-7-15-29)35(36(43)44)40-37(45)39(20-22-42(23-21-39)24-28-12-4-2-5-13-28)41-38(46)48-26-34-32-18-10-8-16-30(32)31-17-9-11-19-33(31)34/h2-19,27,34-35H,20-26H2,1H3,(H,40,45)(H,41,46)(H,43,44). The molecule has 48 heavy (non-hydrogen) atoms. The molecule has 0 bridgehead atoms. The number of aliphatic carboxylic acids is 1. The van der Waals surface area contributed by atoms with E-state index in [1.807, 2.05) is 84.9 Å². The number of amides is 2. The third kappa shape index (κ3) is 7.43. The van der Waals surface area contributed by atoms with Crippen molar-refractivity contribution >= 4 is 18.0 Å². The molecule has 0 saturated carbocycles. The van der Waals surface area contributed by atoms with Crippen LogP contribution in [0.5, 0.6) is 0 Å². The van der Waals surface area contributed by atoms with E-state index < -0.39 is 35.7 Å². The number of hydrogen-bond acceptors (Lipinski definition) is 6. The van der Waals surface area contributed by atoms with Crippen LogP contribution in [0.3, 0.4) is 0 Å². The van der Waals surface area contributed by atoms with E-state index in [-0.39, 0.29) is 32.0 Å². The van der Waals surface area contributed by atoms with Gasteiger partial charge in [-0.1, -0.05) is 109 Å². The summed E-state index contributed by atoms with van der Waals surface area (Å²) < 4.78 is 11.7. The minimum atomic E-state index is -1.37. The molecule has 3 N–H and O–H groups in total. The van der Waals surface area contributed by atoms with Crippen LogP contribution in [0.15, 0.2) is 109 Å². The number of fused-ring (bicyclic) bond motifs is 3. The lowest BCUT2D eigenvalue weighted by molar-refractivity contribution is -0.148. The molecule has 4 aromatic carbocycles. The Morgan fingerprint density at radius 1 is 0.812 bits per heavy atom. The average molecular weight is 648 g/mol. The topological polar surface area (TPSA) is 117 Å². The molecule has 2 atom stereocenters. The van der Waals surface area contributed by atoms with Crippen molar-refractivity contribution in [2.24, 2.45) is 0 Å². The lowest BCUT2D eigenvalue weighted by Crippen LogP contribution is -2.66. The van der Waals surface area contributed by atoms with Crippen molar-refractivity contribution in [3.05, 3.63) is 131 Å². The maximum absolute atomic E-state index is 14.1. The summed E-state index contributed by atoms with van der Waals surface area (Å²) in [5, 5.41) is 15.7. The van der Waals surface area contributed by atoms with Gasteiger partial charge in [-0.05, 0) is 53.1 Å². The molecule has 248 valence electrons. The lowest BCUT2D eigenvalue weighted by Gasteiger charge is -2.41. The number of hydrogen-bond donors (Lipinski definition) is 3. The molecular formula is C39H41N3O6. The second kappa shape index (κ2) is 14.8.